The first kappa shape index (κ1) is 27.9. The number of halogens is 1. The molecule has 1 atom stereocenters. The number of amides is 2. The number of rotatable bonds is 9. The van der Waals surface area contributed by atoms with E-state index in [2.05, 4.69) is 21.2 Å². The standard InChI is InChI=1S/C29H31BrN2O5/c1-29(2,3)37-28(36)31-17-18-32(26(33)23-13-15-24(30)16-14-23)25(27(34)35)19-20-9-11-22(12-10-20)21-7-5-4-6-8-21/h4-16,25H,17-19H2,1-3H3,(H,31,36)(H,34,35)/t25-/m0/s1. The van der Waals surface area contributed by atoms with Gasteiger partial charge in [-0.3, -0.25) is 4.79 Å². The Morgan fingerprint density at radius 3 is 2.08 bits per heavy atom. The maximum absolute atomic E-state index is 13.4. The van der Waals surface area contributed by atoms with Crippen LogP contribution in [0.1, 0.15) is 36.7 Å². The van der Waals surface area contributed by atoms with E-state index in [1.54, 1.807) is 45.0 Å². The molecule has 3 aromatic rings. The Hall–Kier alpha value is -3.65. The Bertz CT molecular complexity index is 1210. The molecule has 0 saturated carbocycles. The third-order valence-corrected chi connectivity index (χ3v) is 6.05. The zero-order valence-corrected chi connectivity index (χ0v) is 22.7. The predicted octanol–water partition coefficient (Wildman–Crippen LogP) is 5.78. The zero-order chi connectivity index (χ0) is 27.0. The number of nitrogens with one attached hydrogen (secondary N) is 1. The molecule has 0 aromatic heterocycles. The van der Waals surface area contributed by atoms with Gasteiger partial charge in [0.05, 0.1) is 0 Å². The number of carbonyl (C=O) groups is 3. The summed E-state index contributed by atoms with van der Waals surface area (Å²) in [6.07, 6.45) is -0.522. The molecule has 3 aromatic carbocycles. The van der Waals surface area contributed by atoms with Crippen LogP contribution in [0.5, 0.6) is 0 Å². The van der Waals surface area contributed by atoms with Gasteiger partial charge in [0, 0.05) is 29.5 Å². The van der Waals surface area contributed by atoms with Crippen LogP contribution in [-0.4, -0.2) is 52.7 Å². The van der Waals surface area contributed by atoms with Crippen molar-refractivity contribution in [3.05, 3.63) is 94.5 Å². The highest BCUT2D eigenvalue weighted by Gasteiger charge is 2.31. The Morgan fingerprint density at radius 2 is 1.51 bits per heavy atom. The van der Waals surface area contributed by atoms with Crippen LogP contribution in [-0.2, 0) is 16.0 Å². The lowest BCUT2D eigenvalue weighted by molar-refractivity contribution is -0.142. The Balaban J connectivity index is 1.81. The van der Waals surface area contributed by atoms with Gasteiger partial charge in [0.15, 0.2) is 0 Å². The van der Waals surface area contributed by atoms with E-state index >= 15 is 0 Å². The van der Waals surface area contributed by atoms with E-state index in [0.29, 0.717) is 5.56 Å². The molecule has 2 N–H and O–H groups in total. The van der Waals surface area contributed by atoms with Crippen LogP contribution in [0.4, 0.5) is 4.79 Å². The van der Waals surface area contributed by atoms with E-state index in [9.17, 15) is 19.5 Å². The molecule has 0 aliphatic carbocycles. The highest BCUT2D eigenvalue weighted by atomic mass is 79.9. The van der Waals surface area contributed by atoms with Gasteiger partial charge >= 0.3 is 12.1 Å². The molecule has 7 nitrogen and oxygen atoms in total. The van der Waals surface area contributed by atoms with E-state index in [0.717, 1.165) is 21.2 Å². The van der Waals surface area contributed by atoms with Crippen molar-refractivity contribution in [1.82, 2.24) is 10.2 Å². The second kappa shape index (κ2) is 12.5. The lowest BCUT2D eigenvalue weighted by Crippen LogP contribution is -2.49. The maximum atomic E-state index is 13.4. The van der Waals surface area contributed by atoms with Crippen LogP contribution >= 0.6 is 15.9 Å². The molecule has 0 aliphatic rings. The minimum atomic E-state index is -1.14. The summed E-state index contributed by atoms with van der Waals surface area (Å²) < 4.78 is 6.06. The zero-order valence-electron chi connectivity index (χ0n) is 21.1. The van der Waals surface area contributed by atoms with Crippen LogP contribution < -0.4 is 5.32 Å². The minimum Gasteiger partial charge on any atom is -0.480 e. The number of carbonyl (C=O) groups excluding carboxylic acids is 2. The van der Waals surface area contributed by atoms with Gasteiger partial charge < -0.3 is 20.1 Å². The van der Waals surface area contributed by atoms with E-state index in [4.69, 9.17) is 4.74 Å². The van der Waals surface area contributed by atoms with Crippen molar-refractivity contribution >= 4 is 33.9 Å². The third kappa shape index (κ3) is 8.46. The second-order valence-corrected chi connectivity index (χ2v) is 10.5. The predicted molar refractivity (Wildman–Crippen MR) is 146 cm³/mol. The SMILES string of the molecule is CC(C)(C)OC(=O)NCCN(C(=O)c1ccc(Br)cc1)[C@@H](Cc1ccc(-c2ccccc2)cc1)C(=O)O. The molecule has 0 spiro atoms. The van der Waals surface area contributed by atoms with Crippen molar-refractivity contribution in [3.63, 3.8) is 0 Å². The molecular weight excluding hydrogens is 536 g/mol. The van der Waals surface area contributed by atoms with Crippen LogP contribution in [0.2, 0.25) is 0 Å². The van der Waals surface area contributed by atoms with Gasteiger partial charge in [-0.25, -0.2) is 9.59 Å². The summed E-state index contributed by atoms with van der Waals surface area (Å²) in [6.45, 7) is 5.28. The fourth-order valence-electron chi connectivity index (χ4n) is 3.77. The molecule has 0 unspecified atom stereocenters. The average Bonchev–Trinajstić information content (AvgIpc) is 2.85. The molecular formula is C29H31BrN2O5. The van der Waals surface area contributed by atoms with Gasteiger partial charge in [0.25, 0.3) is 5.91 Å². The largest absolute Gasteiger partial charge is 0.480 e. The molecule has 0 radical (unpaired) electrons. The third-order valence-electron chi connectivity index (χ3n) is 5.52. The van der Waals surface area contributed by atoms with Crippen molar-refractivity contribution < 1.29 is 24.2 Å². The van der Waals surface area contributed by atoms with Crippen molar-refractivity contribution in [2.24, 2.45) is 0 Å². The Kier molecular flexibility index (Phi) is 9.47. The number of carboxylic acids is 1. The van der Waals surface area contributed by atoms with Gasteiger partial charge in [-0.15, -0.1) is 0 Å². The van der Waals surface area contributed by atoms with Gasteiger partial charge in [-0.05, 0) is 61.7 Å². The number of aliphatic carboxylic acids is 1. The number of hydrogen-bond acceptors (Lipinski definition) is 4. The van der Waals surface area contributed by atoms with E-state index in [1.807, 2.05) is 54.6 Å². The van der Waals surface area contributed by atoms with E-state index in [1.165, 1.54) is 4.90 Å². The highest BCUT2D eigenvalue weighted by molar-refractivity contribution is 9.10. The quantitative estimate of drug-likeness (QED) is 0.342. The maximum Gasteiger partial charge on any atom is 0.407 e. The first-order valence-corrected chi connectivity index (χ1v) is 12.7. The first-order chi connectivity index (χ1) is 17.5. The summed E-state index contributed by atoms with van der Waals surface area (Å²) in [7, 11) is 0. The van der Waals surface area contributed by atoms with Crippen LogP contribution in [0.25, 0.3) is 11.1 Å². The fraction of sp³-hybridized carbons (Fsp3) is 0.276. The molecule has 0 bridgehead atoms. The summed E-state index contributed by atoms with van der Waals surface area (Å²) in [5.41, 5.74) is 2.53. The monoisotopic (exact) mass is 566 g/mol. The smallest absolute Gasteiger partial charge is 0.407 e. The summed E-state index contributed by atoms with van der Waals surface area (Å²) in [6, 6.07) is 23.1. The first-order valence-electron chi connectivity index (χ1n) is 11.9. The lowest BCUT2D eigenvalue weighted by atomic mass is 9.99. The molecule has 0 aliphatic heterocycles. The Morgan fingerprint density at radius 1 is 0.919 bits per heavy atom. The van der Waals surface area contributed by atoms with Crippen molar-refractivity contribution in [2.75, 3.05) is 13.1 Å². The van der Waals surface area contributed by atoms with Gasteiger partial charge in [-0.2, -0.15) is 0 Å². The van der Waals surface area contributed by atoms with Crippen LogP contribution in [0.3, 0.4) is 0 Å². The van der Waals surface area contributed by atoms with E-state index < -0.39 is 29.6 Å². The second-order valence-electron chi connectivity index (χ2n) is 9.56. The summed E-state index contributed by atoms with van der Waals surface area (Å²) in [5, 5.41) is 12.7. The van der Waals surface area contributed by atoms with Gasteiger partial charge in [-0.1, -0.05) is 70.5 Å². The van der Waals surface area contributed by atoms with Crippen molar-refractivity contribution in [2.45, 2.75) is 38.8 Å². The number of benzene rings is 3. The number of nitrogens with zero attached hydrogens (tertiary/aromatic N) is 1. The Labute approximate surface area is 225 Å². The molecule has 8 heteroatoms. The highest BCUT2D eigenvalue weighted by Crippen LogP contribution is 2.21. The van der Waals surface area contributed by atoms with Crippen molar-refractivity contribution in [3.8, 4) is 11.1 Å². The summed E-state index contributed by atoms with van der Waals surface area (Å²) in [4.78, 5) is 39.2. The van der Waals surface area contributed by atoms with Gasteiger partial charge in [0.2, 0.25) is 0 Å². The lowest BCUT2D eigenvalue weighted by Gasteiger charge is -2.30. The molecule has 0 saturated heterocycles. The fourth-order valence-corrected chi connectivity index (χ4v) is 4.03. The molecule has 0 heterocycles. The topological polar surface area (TPSA) is 95.9 Å². The summed E-state index contributed by atoms with van der Waals surface area (Å²) in [5.74, 6) is -1.57. The number of hydrogen-bond donors (Lipinski definition) is 2. The van der Waals surface area contributed by atoms with Gasteiger partial charge in [0.1, 0.15) is 11.6 Å². The number of carboxylic acid groups (broad SMARTS) is 1. The van der Waals surface area contributed by atoms with Crippen molar-refractivity contribution in [1.29, 1.82) is 0 Å². The molecule has 37 heavy (non-hydrogen) atoms. The minimum absolute atomic E-state index is 0.00674. The normalized spacial score (nSPS) is 11.9. The molecule has 0 fully saturated rings. The number of ether oxygens (including phenoxy) is 1. The summed E-state index contributed by atoms with van der Waals surface area (Å²) >= 11 is 3.35. The molecule has 3 rings (SSSR count). The molecule has 194 valence electrons. The average molecular weight is 567 g/mol. The number of alkyl carbamates (subject to hydrolysis) is 1. The van der Waals surface area contributed by atoms with E-state index in [-0.39, 0.29) is 19.5 Å². The molecule has 2 amide bonds. The van der Waals surface area contributed by atoms with Crippen LogP contribution in [0, 0.1) is 0 Å². The van der Waals surface area contributed by atoms with Crippen LogP contribution in [0.15, 0.2) is 83.3 Å².